The van der Waals surface area contributed by atoms with Crippen molar-refractivity contribution >= 4 is 11.6 Å². The van der Waals surface area contributed by atoms with E-state index >= 15 is 0 Å². The van der Waals surface area contributed by atoms with Crippen LogP contribution in [0.1, 0.15) is 18.2 Å². The van der Waals surface area contributed by atoms with E-state index in [1.807, 2.05) is 0 Å². The molecule has 2 atom stereocenters. The third-order valence-corrected chi connectivity index (χ3v) is 4.00. The molecule has 0 spiro atoms. The normalized spacial score (nSPS) is 19.1. The smallest absolute Gasteiger partial charge is 0.177 e. The van der Waals surface area contributed by atoms with Gasteiger partial charge in [0.2, 0.25) is 0 Å². The van der Waals surface area contributed by atoms with Gasteiger partial charge in [0.15, 0.2) is 11.6 Å². The topological polar surface area (TPSA) is 47.0 Å². The molecule has 0 radical (unpaired) electrons. The lowest BCUT2D eigenvalue weighted by Gasteiger charge is -2.24. The number of hydrogen-bond acceptors (Lipinski definition) is 4. The van der Waals surface area contributed by atoms with E-state index in [0.29, 0.717) is 12.2 Å². The lowest BCUT2D eigenvalue weighted by molar-refractivity contribution is 0.133. The molecule has 22 heavy (non-hydrogen) atoms. The van der Waals surface area contributed by atoms with E-state index in [1.54, 1.807) is 12.4 Å². The predicted octanol–water partition coefficient (Wildman–Crippen LogP) is 3.14. The average Bonchev–Trinajstić information content (AvgIpc) is 3.06. The number of ether oxygens (including phenoxy) is 1. The van der Waals surface area contributed by atoms with Crippen LogP contribution in [-0.2, 0) is 0 Å². The van der Waals surface area contributed by atoms with Gasteiger partial charge in [0.25, 0.3) is 0 Å². The molecule has 1 N–H and O–H groups in total. The molecule has 1 aromatic heterocycles. The molecule has 2 aromatic rings. The van der Waals surface area contributed by atoms with Gasteiger partial charge in [-0.15, -0.1) is 0 Å². The quantitative estimate of drug-likeness (QED) is 0.877. The molecule has 0 saturated carbocycles. The van der Waals surface area contributed by atoms with Crippen LogP contribution in [-0.4, -0.2) is 23.1 Å². The molecular formula is C15H14ClF2N3O. The number of hydrogen-bond donors (Lipinski definition) is 1. The van der Waals surface area contributed by atoms with E-state index in [1.165, 1.54) is 6.20 Å². The highest BCUT2D eigenvalue weighted by Crippen LogP contribution is 2.37. The summed E-state index contributed by atoms with van der Waals surface area (Å²) >= 11 is 5.85. The zero-order chi connectivity index (χ0) is 15.5. The van der Waals surface area contributed by atoms with Crippen LogP contribution in [0.3, 0.4) is 0 Å². The van der Waals surface area contributed by atoms with E-state index in [4.69, 9.17) is 16.3 Å². The number of rotatable bonds is 4. The van der Waals surface area contributed by atoms with Gasteiger partial charge in [-0.1, -0.05) is 11.6 Å². The molecule has 7 heteroatoms. The van der Waals surface area contributed by atoms with Gasteiger partial charge in [-0.25, -0.2) is 8.78 Å². The van der Waals surface area contributed by atoms with E-state index in [-0.39, 0.29) is 16.7 Å². The third-order valence-electron chi connectivity index (χ3n) is 3.65. The molecule has 1 saturated heterocycles. The van der Waals surface area contributed by atoms with Crippen LogP contribution < -0.4 is 10.1 Å². The first-order valence-electron chi connectivity index (χ1n) is 6.93. The Morgan fingerprint density at radius 3 is 2.77 bits per heavy atom. The number of aromatic nitrogens is 2. The Hall–Kier alpha value is -1.79. The predicted molar refractivity (Wildman–Crippen MR) is 77.7 cm³/mol. The van der Waals surface area contributed by atoms with Crippen molar-refractivity contribution in [3.8, 4) is 5.75 Å². The summed E-state index contributed by atoms with van der Waals surface area (Å²) in [5.41, 5.74) is 0.566. The average molecular weight is 326 g/mol. The Kier molecular flexibility index (Phi) is 4.49. The molecule has 2 heterocycles. The Bertz CT molecular complexity index is 651. The summed E-state index contributed by atoms with van der Waals surface area (Å²) in [4.78, 5) is 8.24. The summed E-state index contributed by atoms with van der Waals surface area (Å²) in [5, 5.41) is 2.86. The van der Waals surface area contributed by atoms with Crippen molar-refractivity contribution in [2.45, 2.75) is 12.5 Å². The molecule has 3 rings (SSSR count). The highest BCUT2D eigenvalue weighted by atomic mass is 35.5. The van der Waals surface area contributed by atoms with E-state index < -0.39 is 17.7 Å². The molecule has 0 bridgehead atoms. The maximum absolute atomic E-state index is 14.0. The number of benzene rings is 1. The minimum atomic E-state index is -0.722. The molecule has 1 aliphatic heterocycles. The Labute approximate surface area is 131 Å². The van der Waals surface area contributed by atoms with Gasteiger partial charge in [0.1, 0.15) is 16.9 Å². The fourth-order valence-corrected chi connectivity index (χ4v) is 2.73. The van der Waals surface area contributed by atoms with E-state index in [0.717, 1.165) is 25.1 Å². The van der Waals surface area contributed by atoms with E-state index in [2.05, 4.69) is 15.3 Å². The summed E-state index contributed by atoms with van der Waals surface area (Å²) in [6, 6.07) is 1.97. The van der Waals surface area contributed by atoms with Gasteiger partial charge in [-0.05, 0) is 25.1 Å². The molecule has 1 aromatic carbocycles. The SMILES string of the molecule is Fc1ccc(F)c(O[C@H](c2cnccn2)[C@@H]2CCNC2)c1Cl. The van der Waals surface area contributed by atoms with Gasteiger partial charge >= 0.3 is 0 Å². The van der Waals surface area contributed by atoms with Crippen molar-refractivity contribution < 1.29 is 13.5 Å². The van der Waals surface area contributed by atoms with Gasteiger partial charge in [0, 0.05) is 24.9 Å². The summed E-state index contributed by atoms with van der Waals surface area (Å²) in [6.45, 7) is 1.54. The zero-order valence-corrected chi connectivity index (χ0v) is 12.4. The van der Waals surface area contributed by atoms with Gasteiger partial charge in [-0.3, -0.25) is 9.97 Å². The van der Waals surface area contributed by atoms with Crippen LogP contribution in [0.4, 0.5) is 8.78 Å². The largest absolute Gasteiger partial charge is 0.479 e. The molecule has 1 fully saturated rings. The van der Waals surface area contributed by atoms with Crippen LogP contribution >= 0.6 is 11.6 Å². The minimum Gasteiger partial charge on any atom is -0.479 e. The van der Waals surface area contributed by atoms with Crippen LogP contribution in [0.2, 0.25) is 5.02 Å². The molecular weight excluding hydrogens is 312 g/mol. The summed E-state index contributed by atoms with van der Waals surface area (Å²) < 4.78 is 33.3. The first-order valence-corrected chi connectivity index (χ1v) is 7.31. The van der Waals surface area contributed by atoms with E-state index in [9.17, 15) is 8.78 Å². The van der Waals surface area contributed by atoms with Crippen molar-refractivity contribution in [3.63, 3.8) is 0 Å². The fourth-order valence-electron chi connectivity index (χ4n) is 2.53. The second-order valence-electron chi connectivity index (χ2n) is 5.09. The van der Waals surface area contributed by atoms with Crippen molar-refractivity contribution in [2.75, 3.05) is 13.1 Å². The van der Waals surface area contributed by atoms with Gasteiger partial charge in [0.05, 0.1) is 11.9 Å². The molecule has 0 unspecified atom stereocenters. The highest BCUT2D eigenvalue weighted by Gasteiger charge is 2.31. The second kappa shape index (κ2) is 6.54. The standard InChI is InChI=1S/C15H14ClF2N3O/c16-13-10(17)1-2-11(18)15(13)22-14(9-3-4-19-7-9)12-8-20-5-6-21-12/h1-2,5-6,8-9,14,19H,3-4,7H2/t9-,14+/m1/s1. The molecule has 116 valence electrons. The van der Waals surface area contributed by atoms with Crippen molar-refractivity contribution in [1.82, 2.24) is 15.3 Å². The lowest BCUT2D eigenvalue weighted by Crippen LogP contribution is -2.23. The van der Waals surface area contributed by atoms with Crippen LogP contribution in [0, 0.1) is 17.6 Å². The molecule has 0 aliphatic carbocycles. The van der Waals surface area contributed by atoms with Crippen molar-refractivity contribution in [1.29, 1.82) is 0 Å². The lowest BCUT2D eigenvalue weighted by atomic mass is 9.99. The minimum absolute atomic E-state index is 0.0791. The summed E-state index contributed by atoms with van der Waals surface area (Å²) in [7, 11) is 0. The zero-order valence-electron chi connectivity index (χ0n) is 11.6. The first kappa shape index (κ1) is 15.1. The Balaban J connectivity index is 1.95. The number of halogens is 3. The van der Waals surface area contributed by atoms with Gasteiger partial charge in [-0.2, -0.15) is 0 Å². The number of nitrogens with one attached hydrogen (secondary N) is 1. The monoisotopic (exact) mass is 325 g/mol. The molecule has 0 amide bonds. The molecule has 1 aliphatic rings. The second-order valence-corrected chi connectivity index (χ2v) is 5.47. The maximum Gasteiger partial charge on any atom is 0.177 e. The molecule has 4 nitrogen and oxygen atoms in total. The number of nitrogens with zero attached hydrogens (tertiary/aromatic N) is 2. The maximum atomic E-state index is 14.0. The highest BCUT2D eigenvalue weighted by molar-refractivity contribution is 6.32. The van der Waals surface area contributed by atoms with Crippen LogP contribution in [0.15, 0.2) is 30.7 Å². The Morgan fingerprint density at radius 1 is 1.27 bits per heavy atom. The summed E-state index contributed by atoms with van der Waals surface area (Å²) in [5.74, 6) is -1.63. The van der Waals surface area contributed by atoms with Crippen molar-refractivity contribution in [3.05, 3.63) is 53.1 Å². The first-order chi connectivity index (χ1) is 10.7. The third kappa shape index (κ3) is 3.03. The van der Waals surface area contributed by atoms with Gasteiger partial charge < -0.3 is 10.1 Å². The van der Waals surface area contributed by atoms with Crippen LogP contribution in [0.25, 0.3) is 0 Å². The Morgan fingerprint density at radius 2 is 2.09 bits per heavy atom. The summed E-state index contributed by atoms with van der Waals surface area (Å²) in [6.07, 6.45) is 4.95. The van der Waals surface area contributed by atoms with Crippen LogP contribution in [0.5, 0.6) is 5.75 Å². The fraction of sp³-hybridized carbons (Fsp3) is 0.333. The van der Waals surface area contributed by atoms with Crippen molar-refractivity contribution in [2.24, 2.45) is 5.92 Å².